The van der Waals surface area contributed by atoms with Crippen molar-refractivity contribution in [3.05, 3.63) is 33.4 Å². The molecule has 0 saturated carbocycles. The fourth-order valence-corrected chi connectivity index (χ4v) is 2.77. The van der Waals surface area contributed by atoms with Gasteiger partial charge in [-0.25, -0.2) is 4.98 Å². The van der Waals surface area contributed by atoms with Crippen LogP contribution in [0.4, 0.5) is 0 Å². The molecule has 0 spiro atoms. The van der Waals surface area contributed by atoms with E-state index >= 15 is 0 Å². The molecule has 0 aliphatic carbocycles. The first kappa shape index (κ1) is 13.7. The summed E-state index contributed by atoms with van der Waals surface area (Å²) in [4.78, 5) is 8.57. The zero-order valence-electron chi connectivity index (χ0n) is 9.68. The van der Waals surface area contributed by atoms with Crippen molar-refractivity contribution < 1.29 is 9.47 Å². The Balaban J connectivity index is 2.34. The molecule has 0 saturated heterocycles. The number of hydrogen-bond acceptors (Lipinski definition) is 5. The Morgan fingerprint density at radius 1 is 1.28 bits per heavy atom. The van der Waals surface area contributed by atoms with Gasteiger partial charge in [0.05, 0.1) is 10.0 Å². The number of ether oxygens (including phenoxy) is 2. The minimum atomic E-state index is -0.485. The van der Waals surface area contributed by atoms with Crippen LogP contribution in [0.2, 0.25) is 10.0 Å². The summed E-state index contributed by atoms with van der Waals surface area (Å²) in [6.07, 6.45) is 1.05. The number of aromatic nitrogens is 2. The van der Waals surface area contributed by atoms with E-state index in [9.17, 15) is 0 Å². The van der Waals surface area contributed by atoms with Crippen LogP contribution in [0.1, 0.15) is 12.0 Å². The minimum Gasteiger partial charge on any atom is -0.350 e. The second-order valence-corrected chi connectivity index (χ2v) is 5.07. The molecule has 0 fully saturated rings. The average molecular weight is 305 g/mol. The van der Waals surface area contributed by atoms with Gasteiger partial charge in [0.15, 0.2) is 0 Å². The van der Waals surface area contributed by atoms with Crippen molar-refractivity contribution in [2.45, 2.75) is 6.29 Å². The number of nitrogens with zero attached hydrogens (tertiary/aromatic N) is 2. The molecule has 7 heteroatoms. The van der Waals surface area contributed by atoms with Gasteiger partial charge in [-0.05, 0) is 6.07 Å². The minimum absolute atomic E-state index is 0.467. The summed E-state index contributed by atoms with van der Waals surface area (Å²) in [7, 11) is 3.11. The molecule has 4 nitrogen and oxygen atoms in total. The van der Waals surface area contributed by atoms with Gasteiger partial charge in [-0.2, -0.15) is 0 Å². The first-order valence-electron chi connectivity index (χ1n) is 4.98. The van der Waals surface area contributed by atoms with E-state index in [0.717, 1.165) is 0 Å². The second kappa shape index (κ2) is 5.95. The van der Waals surface area contributed by atoms with E-state index in [1.807, 2.05) is 5.38 Å². The Labute approximate surface area is 118 Å². The molecule has 0 aromatic carbocycles. The first-order valence-corrected chi connectivity index (χ1v) is 6.61. The molecular weight excluding hydrogens is 295 g/mol. The monoisotopic (exact) mass is 304 g/mol. The average Bonchev–Trinajstić information content (AvgIpc) is 2.80. The van der Waals surface area contributed by atoms with Gasteiger partial charge in [-0.1, -0.05) is 23.2 Å². The Bertz CT molecular complexity index is 544. The normalized spacial score (nSPS) is 11.2. The number of thiazole rings is 1. The van der Waals surface area contributed by atoms with E-state index in [0.29, 0.717) is 26.4 Å². The molecule has 0 N–H and O–H groups in total. The van der Waals surface area contributed by atoms with Crippen LogP contribution in [0.5, 0.6) is 0 Å². The molecule has 0 bridgehead atoms. The van der Waals surface area contributed by atoms with Crippen LogP contribution in [0.25, 0.3) is 10.7 Å². The SMILES string of the molecule is COC(OC)c1csc(-c2ncc(Cl)cc2Cl)n1. The lowest BCUT2D eigenvalue weighted by atomic mass is 10.3. The van der Waals surface area contributed by atoms with E-state index in [2.05, 4.69) is 9.97 Å². The summed E-state index contributed by atoms with van der Waals surface area (Å²) >= 11 is 13.3. The molecule has 96 valence electrons. The molecular formula is C11H10Cl2N2O2S. The number of halogens is 2. The maximum atomic E-state index is 6.08. The summed E-state index contributed by atoms with van der Waals surface area (Å²) in [6, 6.07) is 1.64. The molecule has 2 aromatic rings. The van der Waals surface area contributed by atoms with Gasteiger partial charge in [0.25, 0.3) is 0 Å². The van der Waals surface area contributed by atoms with Crippen molar-refractivity contribution >= 4 is 34.5 Å². The maximum Gasteiger partial charge on any atom is 0.201 e. The van der Waals surface area contributed by atoms with Crippen molar-refractivity contribution in [3.8, 4) is 10.7 Å². The number of rotatable bonds is 4. The van der Waals surface area contributed by atoms with Crippen LogP contribution in [-0.2, 0) is 9.47 Å². The lowest BCUT2D eigenvalue weighted by molar-refractivity contribution is -0.108. The molecule has 2 aromatic heterocycles. The molecule has 0 atom stereocenters. The van der Waals surface area contributed by atoms with E-state index in [4.69, 9.17) is 32.7 Å². The van der Waals surface area contributed by atoms with Crippen LogP contribution in [0.3, 0.4) is 0 Å². The van der Waals surface area contributed by atoms with Crippen molar-refractivity contribution in [2.75, 3.05) is 14.2 Å². The van der Waals surface area contributed by atoms with Gasteiger partial charge in [0.2, 0.25) is 6.29 Å². The van der Waals surface area contributed by atoms with Gasteiger partial charge in [-0.15, -0.1) is 11.3 Å². The highest BCUT2D eigenvalue weighted by Crippen LogP contribution is 2.31. The van der Waals surface area contributed by atoms with Crippen LogP contribution < -0.4 is 0 Å². The highest BCUT2D eigenvalue weighted by molar-refractivity contribution is 7.13. The fourth-order valence-electron chi connectivity index (χ4n) is 1.41. The summed E-state index contributed by atoms with van der Waals surface area (Å²) in [5, 5.41) is 3.51. The summed E-state index contributed by atoms with van der Waals surface area (Å²) in [5.74, 6) is 0. The van der Waals surface area contributed by atoms with E-state index in [1.54, 1.807) is 20.3 Å². The van der Waals surface area contributed by atoms with Gasteiger partial charge in [-0.3, -0.25) is 4.98 Å². The summed E-state index contributed by atoms with van der Waals surface area (Å²) in [5.41, 5.74) is 1.29. The van der Waals surface area contributed by atoms with Crippen LogP contribution >= 0.6 is 34.5 Å². The third-order valence-electron chi connectivity index (χ3n) is 2.20. The standard InChI is InChI=1S/C11H10Cl2N2O2S/c1-16-11(17-2)8-5-18-10(15-8)9-7(13)3-6(12)4-14-9/h3-5,11H,1-2H3. The highest BCUT2D eigenvalue weighted by atomic mass is 35.5. The molecule has 2 rings (SSSR count). The molecule has 0 radical (unpaired) electrons. The zero-order valence-corrected chi connectivity index (χ0v) is 12.0. The van der Waals surface area contributed by atoms with Crippen molar-refractivity contribution in [1.82, 2.24) is 9.97 Å². The smallest absolute Gasteiger partial charge is 0.201 e. The third-order valence-corrected chi connectivity index (χ3v) is 3.56. The maximum absolute atomic E-state index is 6.08. The topological polar surface area (TPSA) is 44.2 Å². The molecule has 0 aliphatic rings. The highest BCUT2D eigenvalue weighted by Gasteiger charge is 2.16. The number of methoxy groups -OCH3 is 2. The van der Waals surface area contributed by atoms with Gasteiger partial charge >= 0.3 is 0 Å². The third kappa shape index (κ3) is 2.81. The molecule has 18 heavy (non-hydrogen) atoms. The van der Waals surface area contributed by atoms with Crippen LogP contribution in [0, 0.1) is 0 Å². The fraction of sp³-hybridized carbons (Fsp3) is 0.273. The van der Waals surface area contributed by atoms with E-state index in [1.165, 1.54) is 17.5 Å². The molecule has 2 heterocycles. The lowest BCUT2D eigenvalue weighted by Crippen LogP contribution is -2.03. The lowest BCUT2D eigenvalue weighted by Gasteiger charge is -2.09. The van der Waals surface area contributed by atoms with Crippen molar-refractivity contribution in [3.63, 3.8) is 0 Å². The second-order valence-electron chi connectivity index (χ2n) is 3.36. The van der Waals surface area contributed by atoms with E-state index < -0.39 is 6.29 Å². The largest absolute Gasteiger partial charge is 0.350 e. The predicted octanol–water partition coefficient (Wildman–Crippen LogP) is 3.80. The Kier molecular flexibility index (Phi) is 4.53. The van der Waals surface area contributed by atoms with Crippen LogP contribution in [0.15, 0.2) is 17.6 Å². The Morgan fingerprint density at radius 2 is 2.00 bits per heavy atom. The number of pyridine rings is 1. The Morgan fingerprint density at radius 3 is 2.61 bits per heavy atom. The predicted molar refractivity (Wildman–Crippen MR) is 72.1 cm³/mol. The zero-order chi connectivity index (χ0) is 13.1. The quantitative estimate of drug-likeness (QED) is 0.806. The Hall–Kier alpha value is -0.720. The van der Waals surface area contributed by atoms with Crippen LogP contribution in [-0.4, -0.2) is 24.2 Å². The van der Waals surface area contributed by atoms with E-state index in [-0.39, 0.29) is 0 Å². The molecule has 0 unspecified atom stereocenters. The summed E-state index contributed by atoms with van der Waals surface area (Å²) in [6.45, 7) is 0. The van der Waals surface area contributed by atoms with Crippen molar-refractivity contribution in [1.29, 1.82) is 0 Å². The first-order chi connectivity index (χ1) is 8.65. The van der Waals surface area contributed by atoms with Crippen molar-refractivity contribution in [2.24, 2.45) is 0 Å². The molecule has 0 amide bonds. The van der Waals surface area contributed by atoms with Gasteiger partial charge < -0.3 is 9.47 Å². The summed E-state index contributed by atoms with van der Waals surface area (Å²) < 4.78 is 10.3. The van der Waals surface area contributed by atoms with Gasteiger partial charge in [0, 0.05) is 25.8 Å². The van der Waals surface area contributed by atoms with Gasteiger partial charge in [0.1, 0.15) is 16.4 Å². The number of hydrogen-bond donors (Lipinski definition) is 0. The molecule has 0 aliphatic heterocycles.